The Morgan fingerprint density at radius 3 is 2.21 bits per heavy atom. The van der Waals surface area contributed by atoms with E-state index in [2.05, 4.69) is 83.7 Å². The van der Waals surface area contributed by atoms with Crippen LogP contribution in [0.1, 0.15) is 56.7 Å². The topological polar surface area (TPSA) is 20.2 Å². The van der Waals surface area contributed by atoms with Crippen molar-refractivity contribution in [2.75, 3.05) is 0 Å². The number of benzene rings is 1. The summed E-state index contributed by atoms with van der Waals surface area (Å²) in [7, 11) is -2.90. The van der Waals surface area contributed by atoms with Crippen LogP contribution < -0.4 is 5.19 Å². The van der Waals surface area contributed by atoms with Crippen molar-refractivity contribution in [3.8, 4) is 11.5 Å². The van der Waals surface area contributed by atoms with Gasteiger partial charge in [-0.05, 0) is 58.7 Å². The Labute approximate surface area is 175 Å². The van der Waals surface area contributed by atoms with E-state index < -0.39 is 16.1 Å². The van der Waals surface area contributed by atoms with Gasteiger partial charge in [-0.25, -0.2) is 0 Å². The standard InChI is InChI=1S/C25H40OSi2/c1-24(2)22-13-10-18-19(15-17-27(4,5)6)21(28(7,8)9)12-11-20(18)25(22,3)16-14-23(24)26/h11-12,22-23,26H,10,13-14,16H2,1-9H3/t22-,23-,25+/m0/s1. The lowest BCUT2D eigenvalue weighted by Gasteiger charge is -2.56. The second kappa shape index (κ2) is 6.86. The second-order valence-corrected chi connectivity index (χ2v) is 21.9. The Morgan fingerprint density at radius 2 is 1.64 bits per heavy atom. The molecule has 1 aromatic rings. The molecule has 1 saturated carbocycles. The first-order valence-electron chi connectivity index (χ1n) is 11.1. The summed E-state index contributed by atoms with van der Waals surface area (Å²) >= 11 is 0. The number of fused-ring (bicyclic) bond motifs is 3. The quantitative estimate of drug-likeness (QED) is 0.479. The SMILES string of the molecule is CC1(C)[C@@H](O)CC[C@]2(C)c3ccc([Si](C)(C)C)c(C#C[Si](C)(C)C)c3CC[C@@H]12. The summed E-state index contributed by atoms with van der Waals surface area (Å²) in [6.07, 6.45) is 4.09. The van der Waals surface area contributed by atoms with Crippen molar-refractivity contribution in [1.29, 1.82) is 0 Å². The molecule has 2 aliphatic rings. The Balaban J connectivity index is 2.23. The number of aliphatic hydroxyl groups is 1. The van der Waals surface area contributed by atoms with Gasteiger partial charge in [0.2, 0.25) is 0 Å². The maximum atomic E-state index is 10.7. The molecule has 0 aromatic heterocycles. The fraction of sp³-hybridized carbons (Fsp3) is 0.680. The summed E-state index contributed by atoms with van der Waals surface area (Å²) in [5.41, 5.74) is 8.26. The number of hydrogen-bond donors (Lipinski definition) is 1. The van der Waals surface area contributed by atoms with Crippen LogP contribution in [0.15, 0.2) is 12.1 Å². The molecule has 2 aliphatic carbocycles. The maximum Gasteiger partial charge on any atom is 0.129 e. The van der Waals surface area contributed by atoms with Crippen molar-refractivity contribution in [1.82, 2.24) is 0 Å². The highest BCUT2D eigenvalue weighted by Crippen LogP contribution is 2.57. The van der Waals surface area contributed by atoms with Crippen molar-refractivity contribution >= 4 is 21.3 Å². The van der Waals surface area contributed by atoms with E-state index in [1.54, 1.807) is 0 Å². The summed E-state index contributed by atoms with van der Waals surface area (Å²) in [5, 5.41) is 12.2. The summed E-state index contributed by atoms with van der Waals surface area (Å²) in [6.45, 7) is 21.4. The molecule has 1 N–H and O–H groups in total. The van der Waals surface area contributed by atoms with Gasteiger partial charge in [0.05, 0.1) is 14.2 Å². The molecular formula is C25H40OSi2. The van der Waals surface area contributed by atoms with E-state index in [1.807, 2.05) is 0 Å². The third-order valence-corrected chi connectivity index (χ3v) is 10.4. The largest absolute Gasteiger partial charge is 0.393 e. The van der Waals surface area contributed by atoms with Crippen LogP contribution in [-0.2, 0) is 11.8 Å². The van der Waals surface area contributed by atoms with E-state index in [4.69, 9.17) is 0 Å². The van der Waals surface area contributed by atoms with Gasteiger partial charge in [0.1, 0.15) is 8.07 Å². The van der Waals surface area contributed by atoms with E-state index in [0.717, 1.165) is 19.3 Å². The zero-order valence-corrected chi connectivity index (χ0v) is 21.6. The van der Waals surface area contributed by atoms with Crippen molar-refractivity contribution in [3.63, 3.8) is 0 Å². The molecule has 0 saturated heterocycles. The van der Waals surface area contributed by atoms with Gasteiger partial charge in [0, 0.05) is 5.56 Å². The minimum atomic E-state index is -1.47. The van der Waals surface area contributed by atoms with E-state index in [0.29, 0.717) is 5.92 Å². The monoisotopic (exact) mass is 412 g/mol. The second-order valence-electron chi connectivity index (χ2n) is 12.1. The molecule has 0 spiro atoms. The first-order chi connectivity index (χ1) is 12.7. The van der Waals surface area contributed by atoms with Crippen LogP contribution in [0.3, 0.4) is 0 Å². The molecule has 28 heavy (non-hydrogen) atoms. The van der Waals surface area contributed by atoms with Crippen LogP contribution in [0.4, 0.5) is 0 Å². The minimum Gasteiger partial charge on any atom is -0.393 e. The molecule has 0 heterocycles. The van der Waals surface area contributed by atoms with E-state index in [-0.39, 0.29) is 16.9 Å². The van der Waals surface area contributed by atoms with Crippen molar-refractivity contribution < 1.29 is 5.11 Å². The molecular weight excluding hydrogens is 372 g/mol. The van der Waals surface area contributed by atoms with Crippen LogP contribution in [0, 0.1) is 22.8 Å². The summed E-state index contributed by atoms with van der Waals surface area (Å²) < 4.78 is 0. The Bertz CT molecular complexity index is 829. The van der Waals surface area contributed by atoms with Gasteiger partial charge < -0.3 is 5.11 Å². The molecule has 154 valence electrons. The summed E-state index contributed by atoms with van der Waals surface area (Å²) in [5.74, 6) is 4.26. The minimum absolute atomic E-state index is 0.0215. The molecule has 3 rings (SSSR count). The van der Waals surface area contributed by atoms with Crippen LogP contribution in [0.5, 0.6) is 0 Å². The number of hydrogen-bond acceptors (Lipinski definition) is 1. The van der Waals surface area contributed by atoms with Crippen molar-refractivity contribution in [2.24, 2.45) is 11.3 Å². The summed E-state index contributed by atoms with van der Waals surface area (Å²) in [4.78, 5) is 0. The van der Waals surface area contributed by atoms with Gasteiger partial charge in [-0.1, -0.05) is 78.1 Å². The van der Waals surface area contributed by atoms with E-state index in [9.17, 15) is 5.11 Å². The van der Waals surface area contributed by atoms with Gasteiger partial charge in [0.15, 0.2) is 0 Å². The fourth-order valence-electron chi connectivity index (χ4n) is 5.80. The Kier molecular flexibility index (Phi) is 5.36. The third kappa shape index (κ3) is 3.69. The van der Waals surface area contributed by atoms with Gasteiger partial charge in [0.25, 0.3) is 0 Å². The fourth-order valence-corrected chi connectivity index (χ4v) is 7.84. The number of aliphatic hydroxyl groups excluding tert-OH is 1. The smallest absolute Gasteiger partial charge is 0.129 e. The predicted molar refractivity (Wildman–Crippen MR) is 128 cm³/mol. The van der Waals surface area contributed by atoms with Gasteiger partial charge in [-0.3, -0.25) is 0 Å². The van der Waals surface area contributed by atoms with E-state index >= 15 is 0 Å². The highest BCUT2D eigenvalue weighted by atomic mass is 28.3. The molecule has 0 radical (unpaired) electrons. The van der Waals surface area contributed by atoms with Crippen LogP contribution >= 0.6 is 0 Å². The molecule has 0 bridgehead atoms. The van der Waals surface area contributed by atoms with Crippen LogP contribution in [0.25, 0.3) is 0 Å². The predicted octanol–water partition coefficient (Wildman–Crippen LogP) is 5.46. The maximum absolute atomic E-state index is 10.7. The lowest BCUT2D eigenvalue weighted by atomic mass is 9.49. The average Bonchev–Trinajstić information content (AvgIpc) is 2.54. The third-order valence-electron chi connectivity index (χ3n) is 7.44. The molecule has 1 aromatic carbocycles. The zero-order chi connectivity index (χ0) is 21.1. The lowest BCUT2D eigenvalue weighted by molar-refractivity contribution is -0.0730. The van der Waals surface area contributed by atoms with E-state index in [1.165, 1.54) is 28.3 Å². The van der Waals surface area contributed by atoms with Crippen molar-refractivity contribution in [2.45, 2.75) is 97.3 Å². The first-order valence-corrected chi connectivity index (χ1v) is 18.1. The molecule has 0 unspecified atom stereocenters. The highest BCUT2D eigenvalue weighted by molar-refractivity contribution is 6.89. The molecule has 3 heteroatoms. The molecule has 3 atom stereocenters. The first kappa shape index (κ1) is 21.9. The average molecular weight is 413 g/mol. The molecule has 0 aliphatic heterocycles. The molecule has 1 nitrogen and oxygen atoms in total. The number of rotatable bonds is 1. The van der Waals surface area contributed by atoms with Gasteiger partial charge in [-0.15, -0.1) is 5.54 Å². The summed E-state index contributed by atoms with van der Waals surface area (Å²) in [6, 6.07) is 4.87. The lowest BCUT2D eigenvalue weighted by Crippen LogP contribution is -2.54. The van der Waals surface area contributed by atoms with Gasteiger partial charge in [-0.2, -0.15) is 0 Å². The van der Waals surface area contributed by atoms with Crippen LogP contribution in [-0.4, -0.2) is 27.4 Å². The van der Waals surface area contributed by atoms with Crippen LogP contribution in [0.2, 0.25) is 39.3 Å². The highest BCUT2D eigenvalue weighted by Gasteiger charge is 2.53. The normalized spacial score (nSPS) is 29.4. The molecule has 0 amide bonds. The van der Waals surface area contributed by atoms with Crippen molar-refractivity contribution in [3.05, 3.63) is 28.8 Å². The molecule has 1 fully saturated rings. The van der Waals surface area contributed by atoms with Gasteiger partial charge >= 0.3 is 0 Å². The zero-order valence-electron chi connectivity index (χ0n) is 19.6. The Hall–Kier alpha value is -0.826. The Morgan fingerprint density at radius 1 is 1.00 bits per heavy atom.